The minimum Gasteiger partial charge on any atom is -0.382 e. The average Bonchev–Trinajstić information content (AvgIpc) is 2.89. The minimum atomic E-state index is 0.613. The zero-order chi connectivity index (χ0) is 13.1. The van der Waals surface area contributed by atoms with E-state index in [4.69, 9.17) is 10.6 Å². The Morgan fingerprint density at radius 2 is 2.50 bits per heavy atom. The van der Waals surface area contributed by atoms with Gasteiger partial charge in [-0.15, -0.1) is 11.3 Å². The summed E-state index contributed by atoms with van der Waals surface area (Å²) in [5.74, 6) is 6.00. The van der Waals surface area contributed by atoms with E-state index in [0.29, 0.717) is 12.5 Å². The molecule has 1 aromatic heterocycles. The second kappa shape index (κ2) is 9.81. The summed E-state index contributed by atoms with van der Waals surface area (Å²) in [6, 6.07) is 0. The Balaban J connectivity index is 2.14. The first-order chi connectivity index (χ1) is 8.86. The summed E-state index contributed by atoms with van der Waals surface area (Å²) >= 11 is 1.60. The van der Waals surface area contributed by atoms with Crippen molar-refractivity contribution in [3.05, 3.63) is 16.6 Å². The molecule has 6 nitrogen and oxygen atoms in total. The lowest BCUT2D eigenvalue weighted by molar-refractivity contribution is 0.146. The van der Waals surface area contributed by atoms with Crippen LogP contribution in [0.25, 0.3) is 0 Å². The quantitative estimate of drug-likeness (QED) is 0.211. The van der Waals surface area contributed by atoms with Crippen molar-refractivity contribution < 1.29 is 4.74 Å². The van der Waals surface area contributed by atoms with Gasteiger partial charge in [0.2, 0.25) is 5.96 Å². The van der Waals surface area contributed by atoms with Gasteiger partial charge in [0.15, 0.2) is 0 Å². The number of hydrazine groups is 1. The normalized spacial score (nSPS) is 11.6. The predicted octanol–water partition coefficient (Wildman–Crippen LogP) is 0.521. The number of hydrogen-bond donors (Lipinski definition) is 3. The van der Waals surface area contributed by atoms with E-state index >= 15 is 0 Å². The van der Waals surface area contributed by atoms with Crippen LogP contribution in [-0.2, 0) is 11.2 Å². The maximum Gasteiger partial charge on any atom is 0.205 e. The lowest BCUT2D eigenvalue weighted by Gasteiger charge is -2.08. The first-order valence-electron chi connectivity index (χ1n) is 6.06. The Hall–Kier alpha value is -1.18. The Bertz CT molecular complexity index is 328. The van der Waals surface area contributed by atoms with Gasteiger partial charge in [0, 0.05) is 38.1 Å². The highest BCUT2D eigenvalue weighted by molar-refractivity contribution is 7.07. The zero-order valence-electron chi connectivity index (χ0n) is 10.7. The smallest absolute Gasteiger partial charge is 0.205 e. The molecular formula is C11H21N5OS. The summed E-state index contributed by atoms with van der Waals surface area (Å²) in [6.07, 6.45) is 1.76. The fourth-order valence-electron chi connectivity index (χ4n) is 1.32. The zero-order valence-corrected chi connectivity index (χ0v) is 11.5. The molecular weight excluding hydrogens is 250 g/mol. The molecule has 0 aliphatic carbocycles. The Morgan fingerprint density at radius 3 is 3.17 bits per heavy atom. The van der Waals surface area contributed by atoms with Gasteiger partial charge in [0.25, 0.3) is 0 Å². The van der Waals surface area contributed by atoms with Gasteiger partial charge in [0.05, 0.1) is 11.2 Å². The third-order valence-electron chi connectivity index (χ3n) is 2.21. The van der Waals surface area contributed by atoms with Crippen molar-refractivity contribution in [2.75, 3.05) is 26.3 Å². The van der Waals surface area contributed by atoms with E-state index in [-0.39, 0.29) is 0 Å². The molecule has 18 heavy (non-hydrogen) atoms. The van der Waals surface area contributed by atoms with Crippen LogP contribution in [0.1, 0.15) is 19.0 Å². The number of rotatable bonds is 8. The van der Waals surface area contributed by atoms with E-state index in [0.717, 1.165) is 38.3 Å². The highest BCUT2D eigenvalue weighted by Crippen LogP contribution is 2.00. The van der Waals surface area contributed by atoms with E-state index in [1.54, 1.807) is 11.3 Å². The summed E-state index contributed by atoms with van der Waals surface area (Å²) in [6.45, 7) is 4.92. The molecule has 0 amide bonds. The lowest BCUT2D eigenvalue weighted by atomic mass is 10.3. The molecule has 7 heteroatoms. The molecule has 4 N–H and O–H groups in total. The van der Waals surface area contributed by atoms with Gasteiger partial charge < -0.3 is 10.1 Å². The summed E-state index contributed by atoms with van der Waals surface area (Å²) in [4.78, 5) is 8.51. The Kier molecular flexibility index (Phi) is 8.11. The van der Waals surface area contributed by atoms with Crippen LogP contribution in [0, 0.1) is 0 Å². The van der Waals surface area contributed by atoms with E-state index in [9.17, 15) is 0 Å². The van der Waals surface area contributed by atoms with Crippen LogP contribution in [0.15, 0.2) is 15.9 Å². The van der Waals surface area contributed by atoms with Crippen molar-refractivity contribution in [2.24, 2.45) is 10.8 Å². The van der Waals surface area contributed by atoms with E-state index in [2.05, 4.69) is 20.7 Å². The maximum absolute atomic E-state index is 5.39. The number of ether oxygens (including phenoxy) is 1. The lowest BCUT2D eigenvalue weighted by Crippen LogP contribution is -2.42. The topological polar surface area (TPSA) is 84.6 Å². The molecule has 1 heterocycles. The SMILES string of the molecule is CCOCCCN=C(NN)NCCc1cscn1. The fraction of sp³-hybridized carbons (Fsp3) is 0.636. The van der Waals surface area contributed by atoms with Gasteiger partial charge in [-0.05, 0) is 13.3 Å². The van der Waals surface area contributed by atoms with Crippen LogP contribution in [0.4, 0.5) is 0 Å². The molecule has 0 aliphatic rings. The van der Waals surface area contributed by atoms with Gasteiger partial charge in [0.1, 0.15) is 0 Å². The van der Waals surface area contributed by atoms with E-state index in [1.165, 1.54) is 0 Å². The average molecular weight is 271 g/mol. The highest BCUT2D eigenvalue weighted by Gasteiger charge is 1.97. The van der Waals surface area contributed by atoms with Crippen LogP contribution in [0.5, 0.6) is 0 Å². The summed E-state index contributed by atoms with van der Waals surface area (Å²) < 4.78 is 5.23. The number of nitrogens with one attached hydrogen (secondary N) is 2. The molecule has 0 atom stereocenters. The summed E-state index contributed by atoms with van der Waals surface area (Å²) in [5, 5.41) is 5.17. The van der Waals surface area contributed by atoms with Crippen LogP contribution < -0.4 is 16.6 Å². The minimum absolute atomic E-state index is 0.613. The number of nitrogens with zero attached hydrogens (tertiary/aromatic N) is 2. The van der Waals surface area contributed by atoms with Crippen molar-refractivity contribution in [1.82, 2.24) is 15.7 Å². The molecule has 0 spiro atoms. The number of hydrogen-bond acceptors (Lipinski definition) is 5. The van der Waals surface area contributed by atoms with Crippen LogP contribution in [0.3, 0.4) is 0 Å². The second-order valence-electron chi connectivity index (χ2n) is 3.58. The van der Waals surface area contributed by atoms with Gasteiger partial charge in [-0.1, -0.05) is 0 Å². The number of nitrogens with two attached hydrogens (primary N) is 1. The van der Waals surface area contributed by atoms with Gasteiger partial charge in [-0.25, -0.2) is 10.8 Å². The van der Waals surface area contributed by atoms with E-state index in [1.807, 2.05) is 17.8 Å². The second-order valence-corrected chi connectivity index (χ2v) is 4.30. The molecule has 0 aliphatic heterocycles. The summed E-state index contributed by atoms with van der Waals surface area (Å²) in [5.41, 5.74) is 5.47. The molecule has 0 radical (unpaired) electrons. The standard InChI is InChI=1S/C11H21N5OS/c1-2-17-7-3-5-13-11(16-12)14-6-4-10-8-18-9-15-10/h8-9H,2-7,12H2,1H3,(H2,13,14,16). The number of thiazole rings is 1. The number of aromatic nitrogens is 1. The fourth-order valence-corrected chi connectivity index (χ4v) is 1.92. The van der Waals surface area contributed by atoms with Crippen molar-refractivity contribution >= 4 is 17.3 Å². The van der Waals surface area contributed by atoms with Crippen molar-refractivity contribution in [1.29, 1.82) is 0 Å². The van der Waals surface area contributed by atoms with Crippen LogP contribution in [-0.4, -0.2) is 37.2 Å². The first kappa shape index (κ1) is 14.9. The monoisotopic (exact) mass is 271 g/mol. The molecule has 0 bridgehead atoms. The number of aliphatic imine (C=N–C) groups is 1. The van der Waals surface area contributed by atoms with Crippen LogP contribution in [0.2, 0.25) is 0 Å². The Morgan fingerprint density at radius 1 is 1.61 bits per heavy atom. The molecule has 0 unspecified atom stereocenters. The molecule has 1 rings (SSSR count). The first-order valence-corrected chi connectivity index (χ1v) is 7.00. The van der Waals surface area contributed by atoms with Crippen molar-refractivity contribution in [3.8, 4) is 0 Å². The van der Waals surface area contributed by atoms with Gasteiger partial charge in [-0.3, -0.25) is 10.4 Å². The molecule has 0 saturated heterocycles. The molecule has 0 saturated carbocycles. The largest absolute Gasteiger partial charge is 0.382 e. The van der Waals surface area contributed by atoms with Gasteiger partial charge in [-0.2, -0.15) is 0 Å². The third-order valence-corrected chi connectivity index (χ3v) is 2.85. The van der Waals surface area contributed by atoms with Crippen molar-refractivity contribution in [3.63, 3.8) is 0 Å². The Labute approximate surface area is 112 Å². The molecule has 1 aromatic rings. The molecule has 0 aromatic carbocycles. The van der Waals surface area contributed by atoms with Gasteiger partial charge >= 0.3 is 0 Å². The molecule has 0 fully saturated rings. The highest BCUT2D eigenvalue weighted by atomic mass is 32.1. The summed E-state index contributed by atoms with van der Waals surface area (Å²) in [7, 11) is 0. The van der Waals surface area contributed by atoms with Crippen molar-refractivity contribution in [2.45, 2.75) is 19.8 Å². The van der Waals surface area contributed by atoms with Crippen LogP contribution >= 0.6 is 11.3 Å². The van der Waals surface area contributed by atoms with E-state index < -0.39 is 0 Å². The number of guanidine groups is 1. The maximum atomic E-state index is 5.39. The predicted molar refractivity (Wildman–Crippen MR) is 74.6 cm³/mol. The third kappa shape index (κ3) is 6.53. The molecule has 102 valence electrons.